The summed E-state index contributed by atoms with van der Waals surface area (Å²) in [4.78, 5) is 19.8. The SMILES string of the molecule is NC1C[C@@]2(N=COCC2(F)F)c2cc(NC(=O)c3ncccc3Cl)ccc2S1(=O)=O. The van der Waals surface area contributed by atoms with Crippen LogP contribution in [0.25, 0.3) is 0 Å². The Balaban J connectivity index is 1.83. The van der Waals surface area contributed by atoms with Gasteiger partial charge in [-0.1, -0.05) is 11.6 Å². The second-order valence-electron chi connectivity index (χ2n) is 6.90. The minimum absolute atomic E-state index is 0.0722. The zero-order valence-electron chi connectivity index (χ0n) is 15.2. The van der Waals surface area contributed by atoms with E-state index < -0.39 is 45.6 Å². The number of ether oxygens (including phenoxy) is 1. The van der Waals surface area contributed by atoms with Gasteiger partial charge in [-0.3, -0.25) is 4.79 Å². The van der Waals surface area contributed by atoms with Crippen LogP contribution in [0.1, 0.15) is 22.5 Å². The molecule has 4 rings (SSSR count). The number of rotatable bonds is 2. The normalized spacial score (nSPS) is 25.9. The highest BCUT2D eigenvalue weighted by Gasteiger charge is 2.62. The number of nitrogens with one attached hydrogen (secondary N) is 1. The molecule has 3 N–H and O–H groups in total. The molecule has 158 valence electrons. The van der Waals surface area contributed by atoms with E-state index in [1.807, 2.05) is 0 Å². The molecule has 1 aromatic carbocycles. The molecule has 2 aliphatic heterocycles. The van der Waals surface area contributed by atoms with E-state index in [1.165, 1.54) is 18.3 Å². The number of carbonyl (C=O) groups is 1. The van der Waals surface area contributed by atoms with E-state index in [-0.39, 0.29) is 26.9 Å². The molecule has 30 heavy (non-hydrogen) atoms. The first-order valence-corrected chi connectivity index (χ1v) is 10.6. The lowest BCUT2D eigenvalue weighted by atomic mass is 9.80. The van der Waals surface area contributed by atoms with Gasteiger partial charge in [0, 0.05) is 23.9 Å². The van der Waals surface area contributed by atoms with Crippen molar-refractivity contribution >= 4 is 39.4 Å². The number of aliphatic imine (C=N–C) groups is 1. The first-order valence-electron chi connectivity index (χ1n) is 8.67. The highest BCUT2D eigenvalue weighted by Crippen LogP contribution is 2.52. The highest BCUT2D eigenvalue weighted by atomic mass is 35.5. The third-order valence-corrected chi connectivity index (χ3v) is 7.31. The Labute approximate surface area is 175 Å². The van der Waals surface area contributed by atoms with Crippen molar-refractivity contribution in [2.75, 3.05) is 11.9 Å². The number of hydrogen-bond donors (Lipinski definition) is 2. The van der Waals surface area contributed by atoms with Crippen molar-refractivity contribution in [3.63, 3.8) is 0 Å². The van der Waals surface area contributed by atoms with Crippen molar-refractivity contribution in [1.82, 2.24) is 4.98 Å². The molecule has 0 saturated carbocycles. The van der Waals surface area contributed by atoms with Crippen LogP contribution < -0.4 is 11.1 Å². The maximum Gasteiger partial charge on any atom is 0.310 e. The van der Waals surface area contributed by atoms with Crippen LogP contribution >= 0.6 is 11.6 Å². The minimum atomic E-state index is -4.07. The number of amides is 1. The highest BCUT2D eigenvalue weighted by molar-refractivity contribution is 7.92. The van der Waals surface area contributed by atoms with Crippen LogP contribution in [0.4, 0.5) is 14.5 Å². The standard InChI is InChI=1S/C18H15ClF2N4O4S/c19-12-2-1-5-23-15(12)16(26)25-10-3-4-13-11(6-10)17(7-14(22)30(13,27)28)18(20,21)8-29-9-24-17/h1-6,9,14H,7-8,22H2,(H,25,26)/t14?,17-/m1/s1. The van der Waals surface area contributed by atoms with Crippen LogP contribution in [0.2, 0.25) is 5.02 Å². The maximum atomic E-state index is 15.0. The fourth-order valence-electron chi connectivity index (χ4n) is 3.55. The summed E-state index contributed by atoms with van der Waals surface area (Å²) in [7, 11) is -4.07. The summed E-state index contributed by atoms with van der Waals surface area (Å²) < 4.78 is 59.9. The smallest absolute Gasteiger partial charge is 0.310 e. The summed E-state index contributed by atoms with van der Waals surface area (Å²) in [6.07, 6.45) is 1.59. The van der Waals surface area contributed by atoms with Crippen LogP contribution in [-0.2, 0) is 20.1 Å². The van der Waals surface area contributed by atoms with Gasteiger partial charge in [-0.05, 0) is 30.3 Å². The summed E-state index contributed by atoms with van der Waals surface area (Å²) in [5.74, 6) is -4.22. The molecule has 0 aliphatic carbocycles. The topological polar surface area (TPSA) is 124 Å². The minimum Gasteiger partial charge on any atom is -0.477 e. The molecule has 1 amide bonds. The molecule has 0 fully saturated rings. The maximum absolute atomic E-state index is 15.0. The molecular formula is C18H15ClF2N4O4S. The van der Waals surface area contributed by atoms with Crippen molar-refractivity contribution < 1.29 is 26.7 Å². The predicted molar refractivity (Wildman–Crippen MR) is 104 cm³/mol. The molecular weight excluding hydrogens is 442 g/mol. The van der Waals surface area contributed by atoms with Crippen molar-refractivity contribution in [3.8, 4) is 0 Å². The van der Waals surface area contributed by atoms with Crippen LogP contribution in [-0.4, -0.2) is 43.6 Å². The van der Waals surface area contributed by atoms with E-state index in [0.29, 0.717) is 0 Å². The van der Waals surface area contributed by atoms with Gasteiger partial charge < -0.3 is 15.8 Å². The summed E-state index contributed by atoms with van der Waals surface area (Å²) >= 11 is 5.96. The Morgan fingerprint density at radius 3 is 2.80 bits per heavy atom. The summed E-state index contributed by atoms with van der Waals surface area (Å²) in [5, 5.41) is 1.02. The number of sulfone groups is 1. The largest absolute Gasteiger partial charge is 0.477 e. The molecule has 1 spiro atoms. The molecule has 2 aliphatic rings. The zero-order chi connectivity index (χ0) is 21.7. The van der Waals surface area contributed by atoms with Crippen molar-refractivity contribution in [1.29, 1.82) is 0 Å². The number of halogens is 3. The number of pyridine rings is 1. The van der Waals surface area contributed by atoms with Gasteiger partial charge >= 0.3 is 5.92 Å². The average Bonchev–Trinajstić information content (AvgIpc) is 2.68. The first kappa shape index (κ1) is 20.6. The molecule has 2 aromatic rings. The fourth-order valence-corrected chi connectivity index (χ4v) is 5.33. The van der Waals surface area contributed by atoms with Crippen LogP contribution in [0.3, 0.4) is 0 Å². The number of aromatic nitrogens is 1. The second-order valence-corrected chi connectivity index (χ2v) is 9.44. The van der Waals surface area contributed by atoms with Gasteiger partial charge in [0.1, 0.15) is 11.1 Å². The summed E-state index contributed by atoms with van der Waals surface area (Å²) in [6, 6.07) is 6.57. The van der Waals surface area contributed by atoms with E-state index in [0.717, 1.165) is 18.5 Å². The number of fused-ring (bicyclic) bond motifs is 2. The molecule has 12 heteroatoms. The quantitative estimate of drug-likeness (QED) is 0.714. The Kier molecular flexibility index (Phi) is 4.79. The fraction of sp³-hybridized carbons (Fsp3) is 0.278. The average molecular weight is 457 g/mol. The van der Waals surface area contributed by atoms with Gasteiger partial charge in [-0.15, -0.1) is 0 Å². The van der Waals surface area contributed by atoms with Crippen molar-refractivity contribution in [3.05, 3.63) is 52.8 Å². The number of nitrogens with zero attached hydrogens (tertiary/aromatic N) is 2. The van der Waals surface area contributed by atoms with Crippen LogP contribution in [0, 0.1) is 0 Å². The molecule has 3 heterocycles. The predicted octanol–water partition coefficient (Wildman–Crippen LogP) is 2.34. The number of nitrogens with two attached hydrogens (primary N) is 1. The van der Waals surface area contributed by atoms with Crippen molar-refractivity contribution in [2.24, 2.45) is 10.7 Å². The van der Waals surface area contributed by atoms with Gasteiger partial charge in [0.15, 0.2) is 28.4 Å². The van der Waals surface area contributed by atoms with E-state index in [9.17, 15) is 22.0 Å². The van der Waals surface area contributed by atoms with Gasteiger partial charge in [-0.2, -0.15) is 8.78 Å². The molecule has 1 unspecified atom stereocenters. The van der Waals surface area contributed by atoms with Gasteiger partial charge in [0.2, 0.25) is 0 Å². The molecule has 0 saturated heterocycles. The summed E-state index contributed by atoms with van der Waals surface area (Å²) in [5.41, 5.74) is 3.23. The molecule has 8 nitrogen and oxygen atoms in total. The number of anilines is 1. The van der Waals surface area contributed by atoms with Crippen LogP contribution in [0.15, 0.2) is 46.4 Å². The Bertz CT molecular complexity index is 1170. The second kappa shape index (κ2) is 6.96. The lowest BCUT2D eigenvalue weighted by Gasteiger charge is -2.44. The lowest BCUT2D eigenvalue weighted by Crippen LogP contribution is -2.56. The van der Waals surface area contributed by atoms with Crippen molar-refractivity contribution in [2.45, 2.75) is 28.2 Å². The van der Waals surface area contributed by atoms with E-state index in [2.05, 4.69) is 20.0 Å². The first-order chi connectivity index (χ1) is 14.1. The third-order valence-electron chi connectivity index (χ3n) is 5.08. The monoisotopic (exact) mass is 456 g/mol. The van der Waals surface area contributed by atoms with Gasteiger partial charge in [0.05, 0.1) is 9.92 Å². The van der Waals surface area contributed by atoms with Gasteiger partial charge in [0.25, 0.3) is 5.91 Å². The zero-order valence-corrected chi connectivity index (χ0v) is 16.8. The number of benzene rings is 1. The lowest BCUT2D eigenvalue weighted by molar-refractivity contribution is -0.124. The van der Waals surface area contributed by atoms with E-state index >= 15 is 0 Å². The molecule has 0 bridgehead atoms. The molecule has 2 atom stereocenters. The number of alkyl halides is 2. The molecule has 1 aromatic heterocycles. The Morgan fingerprint density at radius 1 is 1.33 bits per heavy atom. The molecule has 0 radical (unpaired) electrons. The summed E-state index contributed by atoms with van der Waals surface area (Å²) in [6.45, 7) is -0.983. The van der Waals surface area contributed by atoms with E-state index in [1.54, 1.807) is 6.07 Å². The number of hydrogen-bond acceptors (Lipinski definition) is 7. The Morgan fingerprint density at radius 2 is 2.10 bits per heavy atom. The third kappa shape index (κ3) is 3.04. The number of carbonyl (C=O) groups excluding carboxylic acids is 1. The Hall–Kier alpha value is -2.63. The van der Waals surface area contributed by atoms with E-state index in [4.69, 9.17) is 17.3 Å². The van der Waals surface area contributed by atoms with Crippen LogP contribution in [0.5, 0.6) is 0 Å². The van der Waals surface area contributed by atoms with Gasteiger partial charge in [-0.25, -0.2) is 18.4 Å².